The Labute approximate surface area is 72.6 Å². The molecule has 0 spiro atoms. The fourth-order valence-corrected chi connectivity index (χ4v) is 0.883. The molecule has 0 aliphatic rings. The molecule has 0 saturated carbocycles. The molecule has 0 heterocycles. The number of nitrogens with zero attached hydrogens (tertiary/aromatic N) is 2. The second-order valence-electron chi connectivity index (χ2n) is 3.80. The lowest BCUT2D eigenvalue weighted by Gasteiger charge is -2.22. The number of hydrogen-bond acceptors (Lipinski definition) is 3. The first-order valence-corrected chi connectivity index (χ1v) is 3.65. The van der Waals surface area contributed by atoms with Crippen LogP contribution in [0.2, 0.25) is 0 Å². The van der Waals surface area contributed by atoms with Crippen LogP contribution in [-0.2, 0) is 4.79 Å². The zero-order valence-electron chi connectivity index (χ0n) is 7.80. The Balaban J connectivity index is 4.92. The van der Waals surface area contributed by atoms with Crippen molar-refractivity contribution in [3.63, 3.8) is 0 Å². The second kappa shape index (κ2) is 2.95. The van der Waals surface area contributed by atoms with Gasteiger partial charge in [-0.25, -0.2) is 0 Å². The molecule has 0 aliphatic heterocycles. The fourth-order valence-electron chi connectivity index (χ4n) is 0.883. The summed E-state index contributed by atoms with van der Waals surface area (Å²) in [7, 11) is 0. The Morgan fingerprint density at radius 3 is 1.42 bits per heavy atom. The zero-order chi connectivity index (χ0) is 9.99. The smallest absolute Gasteiger partial charge is 0.172 e. The molecule has 0 fully saturated rings. The molecule has 0 saturated heterocycles. The third-order valence-electron chi connectivity index (χ3n) is 1.69. The molecular formula is C9H12N2O. The molecule has 0 N–H and O–H groups in total. The van der Waals surface area contributed by atoms with E-state index < -0.39 is 10.8 Å². The quantitative estimate of drug-likeness (QED) is 0.623. The van der Waals surface area contributed by atoms with Crippen LogP contribution in [0.1, 0.15) is 27.7 Å². The van der Waals surface area contributed by atoms with Gasteiger partial charge in [-0.2, -0.15) is 10.5 Å². The molecule has 3 heteroatoms. The van der Waals surface area contributed by atoms with Gasteiger partial charge in [0.1, 0.15) is 10.8 Å². The summed E-state index contributed by atoms with van der Waals surface area (Å²) in [5.41, 5.74) is -2.14. The molecule has 12 heavy (non-hydrogen) atoms. The summed E-state index contributed by atoms with van der Waals surface area (Å²) in [4.78, 5) is 11.5. The van der Waals surface area contributed by atoms with E-state index in [1.165, 1.54) is 27.7 Å². The topological polar surface area (TPSA) is 64.7 Å². The lowest BCUT2D eigenvalue weighted by Crippen LogP contribution is -2.34. The molecular weight excluding hydrogens is 152 g/mol. The lowest BCUT2D eigenvalue weighted by atomic mass is 9.75. The summed E-state index contributed by atoms with van der Waals surface area (Å²) in [5.74, 6) is -0.333. The van der Waals surface area contributed by atoms with Gasteiger partial charge in [0.05, 0.1) is 12.1 Å². The molecule has 0 radical (unpaired) electrons. The zero-order valence-corrected chi connectivity index (χ0v) is 7.80. The van der Waals surface area contributed by atoms with Gasteiger partial charge in [-0.3, -0.25) is 4.79 Å². The Morgan fingerprint density at radius 2 is 1.25 bits per heavy atom. The van der Waals surface area contributed by atoms with E-state index in [2.05, 4.69) is 0 Å². The van der Waals surface area contributed by atoms with E-state index >= 15 is 0 Å². The van der Waals surface area contributed by atoms with Crippen molar-refractivity contribution in [1.29, 1.82) is 10.5 Å². The van der Waals surface area contributed by atoms with E-state index in [1.54, 1.807) is 0 Å². The number of Topliss-reactive ketones (excluding diaryl/α,β-unsaturated/α-hetero) is 1. The predicted octanol–water partition coefficient (Wildman–Crippen LogP) is 1.66. The van der Waals surface area contributed by atoms with Gasteiger partial charge >= 0.3 is 0 Å². The minimum atomic E-state index is -1.07. The van der Waals surface area contributed by atoms with Crippen LogP contribution in [0.3, 0.4) is 0 Å². The Hall–Kier alpha value is -1.35. The molecule has 0 amide bonds. The van der Waals surface area contributed by atoms with Crippen molar-refractivity contribution in [3.05, 3.63) is 0 Å². The standard InChI is InChI=1S/C9H12N2O/c1-8(2,5-10)7(12)9(3,4)6-11/h1-4H3. The molecule has 0 aromatic carbocycles. The summed E-state index contributed by atoms with van der Waals surface area (Å²) >= 11 is 0. The minimum Gasteiger partial charge on any atom is -0.296 e. The van der Waals surface area contributed by atoms with Gasteiger partial charge in [-0.1, -0.05) is 0 Å². The van der Waals surface area contributed by atoms with E-state index in [0.29, 0.717) is 0 Å². The summed E-state index contributed by atoms with van der Waals surface area (Å²) < 4.78 is 0. The van der Waals surface area contributed by atoms with Crippen LogP contribution in [-0.4, -0.2) is 5.78 Å². The number of ketones is 1. The first-order valence-electron chi connectivity index (χ1n) is 3.65. The van der Waals surface area contributed by atoms with Gasteiger partial charge in [-0.05, 0) is 27.7 Å². The largest absolute Gasteiger partial charge is 0.296 e. The highest BCUT2D eigenvalue weighted by Gasteiger charge is 2.39. The summed E-state index contributed by atoms with van der Waals surface area (Å²) in [5, 5.41) is 17.3. The first kappa shape index (κ1) is 10.7. The van der Waals surface area contributed by atoms with Gasteiger partial charge < -0.3 is 0 Å². The van der Waals surface area contributed by atoms with Crippen LogP contribution >= 0.6 is 0 Å². The van der Waals surface area contributed by atoms with Crippen molar-refractivity contribution < 1.29 is 4.79 Å². The normalized spacial score (nSPS) is 11.5. The van der Waals surface area contributed by atoms with Crippen molar-refractivity contribution >= 4 is 5.78 Å². The summed E-state index contributed by atoms with van der Waals surface area (Å²) in [6.07, 6.45) is 0. The van der Waals surface area contributed by atoms with Gasteiger partial charge in [0, 0.05) is 0 Å². The second-order valence-corrected chi connectivity index (χ2v) is 3.80. The highest BCUT2D eigenvalue weighted by molar-refractivity contribution is 5.93. The Morgan fingerprint density at radius 1 is 1.00 bits per heavy atom. The number of nitriles is 2. The predicted molar refractivity (Wildman–Crippen MR) is 43.8 cm³/mol. The monoisotopic (exact) mass is 164 g/mol. The molecule has 0 bridgehead atoms. The van der Waals surface area contributed by atoms with E-state index in [9.17, 15) is 4.79 Å². The van der Waals surface area contributed by atoms with Crippen LogP contribution in [0.5, 0.6) is 0 Å². The lowest BCUT2D eigenvalue weighted by molar-refractivity contribution is -0.130. The molecule has 0 rings (SSSR count). The van der Waals surface area contributed by atoms with Crippen molar-refractivity contribution in [1.82, 2.24) is 0 Å². The average molecular weight is 164 g/mol. The van der Waals surface area contributed by atoms with Gasteiger partial charge in [0.2, 0.25) is 0 Å². The SMILES string of the molecule is CC(C)(C#N)C(=O)C(C)(C)C#N. The Bertz CT molecular complexity index is 248. The van der Waals surface area contributed by atoms with E-state index in [0.717, 1.165) is 0 Å². The third-order valence-corrected chi connectivity index (χ3v) is 1.69. The Kier molecular flexibility index (Phi) is 2.62. The molecule has 0 atom stereocenters. The molecule has 64 valence electrons. The van der Waals surface area contributed by atoms with Crippen LogP contribution in [0.4, 0.5) is 0 Å². The highest BCUT2D eigenvalue weighted by Crippen LogP contribution is 2.27. The van der Waals surface area contributed by atoms with E-state index in [1.807, 2.05) is 12.1 Å². The molecule has 0 unspecified atom stereocenters. The van der Waals surface area contributed by atoms with Gasteiger partial charge in [-0.15, -0.1) is 0 Å². The minimum absolute atomic E-state index is 0.333. The first-order chi connectivity index (χ1) is 5.28. The van der Waals surface area contributed by atoms with Crippen LogP contribution < -0.4 is 0 Å². The molecule has 3 nitrogen and oxygen atoms in total. The summed E-state index contributed by atoms with van der Waals surface area (Å²) in [6.45, 7) is 6.09. The van der Waals surface area contributed by atoms with Crippen molar-refractivity contribution in [2.75, 3.05) is 0 Å². The maximum absolute atomic E-state index is 11.5. The van der Waals surface area contributed by atoms with Crippen LogP contribution in [0, 0.1) is 33.5 Å². The van der Waals surface area contributed by atoms with Crippen molar-refractivity contribution in [3.8, 4) is 12.1 Å². The molecule has 0 aromatic rings. The van der Waals surface area contributed by atoms with Crippen molar-refractivity contribution in [2.45, 2.75) is 27.7 Å². The third kappa shape index (κ3) is 1.83. The fraction of sp³-hybridized carbons (Fsp3) is 0.667. The number of rotatable bonds is 2. The number of carbonyl (C=O) groups is 1. The van der Waals surface area contributed by atoms with Gasteiger partial charge in [0.15, 0.2) is 5.78 Å². The molecule has 0 aromatic heterocycles. The number of hydrogen-bond donors (Lipinski definition) is 0. The van der Waals surface area contributed by atoms with Crippen molar-refractivity contribution in [2.24, 2.45) is 10.8 Å². The number of carbonyl (C=O) groups excluding carboxylic acids is 1. The van der Waals surface area contributed by atoms with Crippen LogP contribution in [0.15, 0.2) is 0 Å². The average Bonchev–Trinajstić information content (AvgIpc) is 2.03. The maximum Gasteiger partial charge on any atom is 0.172 e. The molecule has 0 aliphatic carbocycles. The highest BCUT2D eigenvalue weighted by atomic mass is 16.1. The maximum atomic E-state index is 11.5. The van der Waals surface area contributed by atoms with Crippen LogP contribution in [0.25, 0.3) is 0 Å². The summed E-state index contributed by atoms with van der Waals surface area (Å²) in [6, 6.07) is 3.76. The van der Waals surface area contributed by atoms with E-state index in [-0.39, 0.29) is 5.78 Å². The van der Waals surface area contributed by atoms with E-state index in [4.69, 9.17) is 10.5 Å². The van der Waals surface area contributed by atoms with Gasteiger partial charge in [0.25, 0.3) is 0 Å².